The van der Waals surface area contributed by atoms with Crippen molar-refractivity contribution in [3.8, 4) is 0 Å². The molecule has 1 aliphatic rings. The zero-order valence-corrected chi connectivity index (χ0v) is 14.8. The summed E-state index contributed by atoms with van der Waals surface area (Å²) >= 11 is 3.34. The summed E-state index contributed by atoms with van der Waals surface area (Å²) in [4.78, 5) is 0.326. The van der Waals surface area contributed by atoms with Crippen LogP contribution < -0.4 is 0 Å². The molecule has 0 aromatic heterocycles. The number of benzene rings is 2. The molecule has 3 rings (SSSR count). The highest BCUT2D eigenvalue weighted by atomic mass is 79.9. The molecule has 0 spiro atoms. The third-order valence-corrected chi connectivity index (χ3v) is 6.61. The monoisotopic (exact) mass is 379 g/mol. The van der Waals surface area contributed by atoms with Crippen LogP contribution in [0.3, 0.4) is 0 Å². The van der Waals surface area contributed by atoms with E-state index in [4.69, 9.17) is 0 Å². The zero-order chi connectivity index (χ0) is 15.7. The van der Waals surface area contributed by atoms with Gasteiger partial charge in [0.05, 0.1) is 4.90 Å². The van der Waals surface area contributed by atoms with Crippen molar-refractivity contribution in [2.75, 3.05) is 7.05 Å². The lowest BCUT2D eigenvalue weighted by Crippen LogP contribution is -2.33. The highest BCUT2D eigenvalue weighted by Crippen LogP contribution is 2.36. The number of aryl methyl sites for hydroxylation is 1. The maximum Gasteiger partial charge on any atom is 0.243 e. The summed E-state index contributed by atoms with van der Waals surface area (Å²) in [5.74, 6) is 0. The average Bonchev–Trinajstić information content (AvgIpc) is 2.53. The predicted octanol–water partition coefficient (Wildman–Crippen LogP) is 4.15. The molecule has 5 heteroatoms. The Bertz CT molecular complexity index is 789. The minimum atomic E-state index is -3.50. The second-order valence-corrected chi connectivity index (χ2v) is 8.50. The lowest BCUT2D eigenvalue weighted by atomic mass is 9.88. The Labute approximate surface area is 140 Å². The van der Waals surface area contributed by atoms with Crippen LogP contribution in [0.1, 0.15) is 30.0 Å². The smallest absolute Gasteiger partial charge is 0.207 e. The molecule has 0 unspecified atom stereocenters. The summed E-state index contributed by atoms with van der Waals surface area (Å²) in [5, 5.41) is 0. The molecule has 2 aromatic rings. The van der Waals surface area contributed by atoms with Gasteiger partial charge in [0.25, 0.3) is 0 Å². The molecule has 1 atom stereocenters. The summed E-state index contributed by atoms with van der Waals surface area (Å²) in [6, 6.07) is 14.9. The van der Waals surface area contributed by atoms with Gasteiger partial charge in [0.1, 0.15) is 0 Å². The third-order valence-electron chi connectivity index (χ3n) is 4.25. The maximum atomic E-state index is 12.9. The second-order valence-electron chi connectivity index (χ2n) is 5.59. The first kappa shape index (κ1) is 15.7. The van der Waals surface area contributed by atoms with Gasteiger partial charge in [-0.15, -0.1) is 0 Å². The van der Waals surface area contributed by atoms with Gasteiger partial charge in [-0.2, -0.15) is 4.31 Å². The molecule has 0 N–H and O–H groups in total. The van der Waals surface area contributed by atoms with Crippen molar-refractivity contribution < 1.29 is 8.42 Å². The van der Waals surface area contributed by atoms with Crippen LogP contribution in [0.25, 0.3) is 0 Å². The van der Waals surface area contributed by atoms with Gasteiger partial charge in [0, 0.05) is 17.6 Å². The number of nitrogens with zero attached hydrogens (tertiary/aromatic N) is 1. The Hall–Kier alpha value is -1.17. The lowest BCUT2D eigenvalue weighted by Gasteiger charge is -2.32. The standard InChI is InChI=1S/C17H18BrNO2S/c1-19(22(20,21)15-9-5-8-14(18)12-15)17-11-4-7-13-6-2-3-10-16(13)17/h2-3,5-6,8-10,12,17H,4,7,11H2,1H3/t17-/m0/s1. The summed E-state index contributed by atoms with van der Waals surface area (Å²) in [5.41, 5.74) is 2.39. The number of hydrogen-bond donors (Lipinski definition) is 0. The predicted molar refractivity (Wildman–Crippen MR) is 91.2 cm³/mol. The Balaban J connectivity index is 1.99. The van der Waals surface area contributed by atoms with Gasteiger partial charge in [-0.1, -0.05) is 46.3 Å². The van der Waals surface area contributed by atoms with Crippen LogP contribution in [-0.2, 0) is 16.4 Å². The van der Waals surface area contributed by atoms with E-state index in [-0.39, 0.29) is 6.04 Å². The molecule has 116 valence electrons. The highest BCUT2D eigenvalue weighted by molar-refractivity contribution is 9.10. The first-order valence-electron chi connectivity index (χ1n) is 7.31. The molecule has 0 saturated carbocycles. The second kappa shape index (κ2) is 6.14. The van der Waals surface area contributed by atoms with Crippen molar-refractivity contribution in [2.45, 2.75) is 30.2 Å². The van der Waals surface area contributed by atoms with Crippen LogP contribution in [0.5, 0.6) is 0 Å². The molecule has 0 aliphatic heterocycles. The number of fused-ring (bicyclic) bond motifs is 1. The van der Waals surface area contributed by atoms with E-state index < -0.39 is 10.0 Å². The van der Waals surface area contributed by atoms with Crippen molar-refractivity contribution in [1.82, 2.24) is 4.31 Å². The van der Waals surface area contributed by atoms with Crippen molar-refractivity contribution in [1.29, 1.82) is 0 Å². The van der Waals surface area contributed by atoms with Crippen LogP contribution in [-0.4, -0.2) is 19.8 Å². The topological polar surface area (TPSA) is 37.4 Å². The molecule has 1 aliphatic carbocycles. The van der Waals surface area contributed by atoms with E-state index in [1.165, 1.54) is 9.87 Å². The van der Waals surface area contributed by atoms with Crippen LogP contribution >= 0.6 is 15.9 Å². The third kappa shape index (κ3) is 2.85. The van der Waals surface area contributed by atoms with E-state index in [9.17, 15) is 8.42 Å². The Morgan fingerprint density at radius 2 is 1.91 bits per heavy atom. The van der Waals surface area contributed by atoms with Crippen molar-refractivity contribution >= 4 is 26.0 Å². The number of halogens is 1. The first-order chi connectivity index (χ1) is 10.5. The molecular weight excluding hydrogens is 362 g/mol. The molecule has 3 nitrogen and oxygen atoms in total. The first-order valence-corrected chi connectivity index (χ1v) is 9.55. The SMILES string of the molecule is CN([C@H]1CCCc2ccccc21)S(=O)(=O)c1cccc(Br)c1. The van der Waals surface area contributed by atoms with Gasteiger partial charge in [-0.25, -0.2) is 8.42 Å². The molecule has 0 amide bonds. The van der Waals surface area contributed by atoms with E-state index >= 15 is 0 Å². The fourth-order valence-electron chi connectivity index (χ4n) is 3.07. The summed E-state index contributed by atoms with van der Waals surface area (Å²) in [7, 11) is -1.82. The minimum Gasteiger partial charge on any atom is -0.207 e. The number of sulfonamides is 1. The molecule has 0 saturated heterocycles. The highest BCUT2D eigenvalue weighted by Gasteiger charge is 2.31. The van der Waals surface area contributed by atoms with Crippen LogP contribution in [0, 0.1) is 0 Å². The van der Waals surface area contributed by atoms with Crippen molar-refractivity contribution in [3.05, 3.63) is 64.1 Å². The molecule has 22 heavy (non-hydrogen) atoms. The lowest BCUT2D eigenvalue weighted by molar-refractivity contribution is 0.337. The quantitative estimate of drug-likeness (QED) is 0.803. The molecule has 0 bridgehead atoms. The van der Waals surface area contributed by atoms with Gasteiger partial charge in [0.2, 0.25) is 10.0 Å². The number of rotatable bonds is 3. The Kier molecular flexibility index (Phi) is 4.39. The zero-order valence-electron chi connectivity index (χ0n) is 12.4. The average molecular weight is 380 g/mol. The van der Waals surface area contributed by atoms with Gasteiger partial charge in [0.15, 0.2) is 0 Å². The van der Waals surface area contributed by atoms with E-state index in [1.807, 2.05) is 24.3 Å². The van der Waals surface area contributed by atoms with Gasteiger partial charge >= 0.3 is 0 Å². The molecule has 0 radical (unpaired) electrons. The van der Waals surface area contributed by atoms with Crippen molar-refractivity contribution in [2.24, 2.45) is 0 Å². The molecule has 0 fully saturated rings. The van der Waals surface area contributed by atoms with E-state index in [0.29, 0.717) is 4.90 Å². The van der Waals surface area contributed by atoms with Gasteiger partial charge in [-0.05, 0) is 48.6 Å². The van der Waals surface area contributed by atoms with Crippen LogP contribution in [0.15, 0.2) is 57.9 Å². The largest absolute Gasteiger partial charge is 0.243 e. The summed E-state index contributed by atoms with van der Waals surface area (Å²) in [6.07, 6.45) is 2.90. The van der Waals surface area contributed by atoms with E-state index in [0.717, 1.165) is 29.3 Å². The Morgan fingerprint density at radius 3 is 2.68 bits per heavy atom. The summed E-state index contributed by atoms with van der Waals surface area (Å²) in [6.45, 7) is 0. The van der Waals surface area contributed by atoms with Crippen LogP contribution in [0.2, 0.25) is 0 Å². The minimum absolute atomic E-state index is 0.0890. The van der Waals surface area contributed by atoms with Gasteiger partial charge in [-0.3, -0.25) is 0 Å². The van der Waals surface area contributed by atoms with E-state index in [2.05, 4.69) is 22.0 Å². The maximum absolute atomic E-state index is 12.9. The summed E-state index contributed by atoms with van der Waals surface area (Å²) < 4.78 is 28.1. The van der Waals surface area contributed by atoms with Crippen LogP contribution in [0.4, 0.5) is 0 Å². The van der Waals surface area contributed by atoms with Gasteiger partial charge < -0.3 is 0 Å². The number of hydrogen-bond acceptors (Lipinski definition) is 2. The normalized spacial score (nSPS) is 18.2. The molecular formula is C17H18BrNO2S. The fraction of sp³-hybridized carbons (Fsp3) is 0.294. The molecule has 0 heterocycles. The fourth-order valence-corrected chi connectivity index (χ4v) is 5.03. The Morgan fingerprint density at radius 1 is 1.14 bits per heavy atom. The van der Waals surface area contributed by atoms with Crippen molar-refractivity contribution in [3.63, 3.8) is 0 Å². The van der Waals surface area contributed by atoms with E-state index in [1.54, 1.807) is 25.2 Å². The molecule has 2 aromatic carbocycles.